The molecule has 0 bridgehead atoms. The molecule has 1 rings (SSSR count). The van der Waals surface area contributed by atoms with Gasteiger partial charge in [-0.05, 0) is 0 Å². The van der Waals surface area contributed by atoms with E-state index in [0.717, 1.165) is 0 Å². The molecule has 4 heteroatoms. The van der Waals surface area contributed by atoms with Crippen molar-refractivity contribution in [3.05, 3.63) is 11.8 Å². The van der Waals surface area contributed by atoms with E-state index < -0.39 is 5.95 Å². The Balaban J connectivity index is 2.58. The van der Waals surface area contributed by atoms with Crippen molar-refractivity contribution < 1.29 is 14.9 Å². The molecule has 0 radical (unpaired) electrons. The summed E-state index contributed by atoms with van der Waals surface area (Å²) in [5.74, 6) is -0.701. The Morgan fingerprint density at radius 3 is 2.62 bits per heavy atom. The summed E-state index contributed by atoms with van der Waals surface area (Å²) in [5, 5.41) is 19.2. The number of rotatable bonds is 0. The van der Waals surface area contributed by atoms with Gasteiger partial charge in [0.25, 0.3) is 5.88 Å². The number of ether oxygens (including phenoxy) is 1. The van der Waals surface area contributed by atoms with E-state index in [-0.39, 0.29) is 5.88 Å². The molecule has 46 valence electrons. The molecule has 4 nitrogen and oxygen atoms in total. The molecule has 1 saturated heterocycles. The summed E-state index contributed by atoms with van der Waals surface area (Å²) in [7, 11) is 0. The summed E-state index contributed by atoms with van der Waals surface area (Å²) >= 11 is 0. The lowest BCUT2D eigenvalue weighted by Gasteiger charge is -1.94. The van der Waals surface area contributed by atoms with Crippen molar-refractivity contribution >= 4 is 0 Å². The van der Waals surface area contributed by atoms with Gasteiger partial charge in [0, 0.05) is 0 Å². The monoisotopic (exact) mass is 117 g/mol. The molecule has 0 spiro atoms. The van der Waals surface area contributed by atoms with Crippen molar-refractivity contribution in [2.75, 3.05) is 13.2 Å². The van der Waals surface area contributed by atoms with Crippen molar-refractivity contribution in [1.82, 2.24) is 5.32 Å². The highest BCUT2D eigenvalue weighted by atomic mass is 16.5. The molecule has 0 atom stereocenters. The smallest absolute Gasteiger partial charge is 0.337 e. The van der Waals surface area contributed by atoms with Gasteiger partial charge in [-0.15, -0.1) is 0 Å². The van der Waals surface area contributed by atoms with E-state index in [1.807, 2.05) is 0 Å². The zero-order valence-corrected chi connectivity index (χ0v) is 4.22. The third-order valence-electron chi connectivity index (χ3n) is 0.837. The van der Waals surface area contributed by atoms with Gasteiger partial charge < -0.3 is 20.3 Å². The van der Waals surface area contributed by atoms with Crippen molar-refractivity contribution in [3.8, 4) is 0 Å². The van der Waals surface area contributed by atoms with Crippen LogP contribution in [0.25, 0.3) is 0 Å². The van der Waals surface area contributed by atoms with Gasteiger partial charge in [-0.3, -0.25) is 0 Å². The van der Waals surface area contributed by atoms with Crippen LogP contribution in [0.3, 0.4) is 0 Å². The molecule has 0 aromatic rings. The average Bonchev–Trinajstić information content (AvgIpc) is 2.12. The second kappa shape index (κ2) is 1.81. The van der Waals surface area contributed by atoms with Crippen LogP contribution in [-0.2, 0) is 4.74 Å². The first kappa shape index (κ1) is 5.08. The van der Waals surface area contributed by atoms with Crippen LogP contribution in [0.2, 0.25) is 0 Å². The maximum Gasteiger partial charge on any atom is 0.337 e. The highest BCUT2D eigenvalue weighted by Gasteiger charge is 2.10. The van der Waals surface area contributed by atoms with Gasteiger partial charge in [0.15, 0.2) is 0 Å². The lowest BCUT2D eigenvalue weighted by Crippen LogP contribution is -2.07. The molecule has 0 aliphatic carbocycles. The van der Waals surface area contributed by atoms with E-state index >= 15 is 0 Å². The SMILES string of the molecule is OC(O)=C1NCCO1. The highest BCUT2D eigenvalue weighted by Crippen LogP contribution is 2.00. The third kappa shape index (κ3) is 0.776. The summed E-state index contributed by atoms with van der Waals surface area (Å²) < 4.78 is 4.68. The van der Waals surface area contributed by atoms with Gasteiger partial charge in [0.05, 0.1) is 6.54 Å². The summed E-state index contributed by atoms with van der Waals surface area (Å²) in [6.45, 7) is 1.14. The molecule has 1 fully saturated rings. The minimum Gasteiger partial charge on any atom is -0.477 e. The fourth-order valence-electron chi connectivity index (χ4n) is 0.512. The first-order valence-corrected chi connectivity index (χ1v) is 2.29. The topological polar surface area (TPSA) is 61.7 Å². The highest BCUT2D eigenvalue weighted by molar-refractivity contribution is 4.92. The van der Waals surface area contributed by atoms with Crippen LogP contribution < -0.4 is 5.32 Å². The molecule has 8 heavy (non-hydrogen) atoms. The van der Waals surface area contributed by atoms with Crippen LogP contribution >= 0.6 is 0 Å². The number of aliphatic hydroxyl groups is 2. The van der Waals surface area contributed by atoms with Crippen molar-refractivity contribution in [2.45, 2.75) is 0 Å². The van der Waals surface area contributed by atoms with Crippen molar-refractivity contribution in [1.29, 1.82) is 0 Å². The second-order valence-electron chi connectivity index (χ2n) is 1.43. The summed E-state index contributed by atoms with van der Waals surface area (Å²) in [5.41, 5.74) is 0. The quantitative estimate of drug-likeness (QED) is 0.386. The van der Waals surface area contributed by atoms with Crippen LogP contribution in [0, 0.1) is 0 Å². The predicted octanol–water partition coefficient (Wildman–Crippen LogP) is -0.151. The molecule has 0 amide bonds. The lowest BCUT2D eigenvalue weighted by atomic mass is 10.7. The minimum atomic E-state index is -0.775. The number of nitrogens with one attached hydrogen (secondary N) is 1. The average molecular weight is 117 g/mol. The standard InChI is InChI=1S/C4H7NO3/c6-4(7)3-5-1-2-8-3/h5-7H,1-2H2. The van der Waals surface area contributed by atoms with Crippen LogP contribution in [0.4, 0.5) is 0 Å². The van der Waals surface area contributed by atoms with E-state index in [1.165, 1.54) is 0 Å². The summed E-state index contributed by atoms with van der Waals surface area (Å²) in [6.07, 6.45) is 0. The normalized spacial score (nSPS) is 17.2. The number of aliphatic hydroxyl groups excluding tert-OH is 1. The molecule has 1 aliphatic rings. The Labute approximate surface area is 46.4 Å². The largest absolute Gasteiger partial charge is 0.477 e. The van der Waals surface area contributed by atoms with E-state index in [1.54, 1.807) is 0 Å². The van der Waals surface area contributed by atoms with E-state index in [9.17, 15) is 0 Å². The molecule has 0 aromatic carbocycles. The van der Waals surface area contributed by atoms with Crippen LogP contribution in [0.1, 0.15) is 0 Å². The Morgan fingerprint density at radius 1 is 1.62 bits per heavy atom. The Bertz CT molecular complexity index is 108. The maximum absolute atomic E-state index is 8.30. The van der Waals surface area contributed by atoms with Gasteiger partial charge in [-0.25, -0.2) is 0 Å². The van der Waals surface area contributed by atoms with Gasteiger partial charge in [0.2, 0.25) is 0 Å². The zero-order valence-electron chi connectivity index (χ0n) is 4.22. The Hall–Kier alpha value is -1.06. The van der Waals surface area contributed by atoms with Crippen LogP contribution in [0.15, 0.2) is 11.8 Å². The molecule has 1 aliphatic heterocycles. The molecular weight excluding hydrogens is 110 g/mol. The van der Waals surface area contributed by atoms with E-state index in [0.29, 0.717) is 13.2 Å². The summed E-state index contributed by atoms with van der Waals surface area (Å²) in [6, 6.07) is 0. The minimum absolute atomic E-state index is 0.0741. The number of hydrogen-bond acceptors (Lipinski definition) is 4. The molecule has 0 unspecified atom stereocenters. The molecule has 0 saturated carbocycles. The van der Waals surface area contributed by atoms with E-state index in [4.69, 9.17) is 10.2 Å². The van der Waals surface area contributed by atoms with Crippen molar-refractivity contribution in [2.24, 2.45) is 0 Å². The predicted molar refractivity (Wildman–Crippen MR) is 26.2 cm³/mol. The fraction of sp³-hybridized carbons (Fsp3) is 0.500. The molecule has 0 aromatic heterocycles. The first-order chi connectivity index (χ1) is 3.80. The van der Waals surface area contributed by atoms with Gasteiger partial charge in [-0.2, -0.15) is 0 Å². The summed E-state index contributed by atoms with van der Waals surface area (Å²) in [4.78, 5) is 0. The maximum atomic E-state index is 8.30. The fourth-order valence-corrected chi connectivity index (χ4v) is 0.512. The second-order valence-corrected chi connectivity index (χ2v) is 1.43. The van der Waals surface area contributed by atoms with Gasteiger partial charge in [-0.1, -0.05) is 0 Å². The number of hydrogen-bond donors (Lipinski definition) is 3. The first-order valence-electron chi connectivity index (χ1n) is 2.29. The van der Waals surface area contributed by atoms with Gasteiger partial charge >= 0.3 is 5.95 Å². The van der Waals surface area contributed by atoms with Gasteiger partial charge in [0.1, 0.15) is 6.61 Å². The molecular formula is C4H7NO3. The zero-order chi connectivity index (χ0) is 5.98. The van der Waals surface area contributed by atoms with Crippen LogP contribution in [-0.4, -0.2) is 23.4 Å². The van der Waals surface area contributed by atoms with Crippen molar-refractivity contribution in [3.63, 3.8) is 0 Å². The molecule has 3 N–H and O–H groups in total. The van der Waals surface area contributed by atoms with Crippen LogP contribution in [0.5, 0.6) is 0 Å². The third-order valence-corrected chi connectivity index (χ3v) is 0.837. The molecule has 1 heterocycles. The Kier molecular flexibility index (Phi) is 1.15. The Morgan fingerprint density at radius 2 is 2.38 bits per heavy atom. The lowest BCUT2D eigenvalue weighted by molar-refractivity contribution is 0.139. The van der Waals surface area contributed by atoms with E-state index in [2.05, 4.69) is 10.1 Å².